The number of aryl methyl sites for hydroxylation is 1. The molecule has 2 N–H and O–H groups in total. The van der Waals surface area contributed by atoms with Crippen molar-refractivity contribution in [3.8, 4) is 0 Å². The maximum absolute atomic E-state index is 12.0. The molecule has 0 radical (unpaired) electrons. The summed E-state index contributed by atoms with van der Waals surface area (Å²) in [5.74, 6) is 1.35. The molecule has 0 spiro atoms. The van der Waals surface area contributed by atoms with Crippen molar-refractivity contribution in [2.45, 2.75) is 39.0 Å². The Morgan fingerprint density at radius 3 is 2.59 bits per heavy atom. The van der Waals surface area contributed by atoms with Gasteiger partial charge < -0.3 is 10.6 Å². The number of guanidine groups is 1. The van der Waals surface area contributed by atoms with Gasteiger partial charge in [-0.1, -0.05) is 0 Å². The predicted molar refractivity (Wildman–Crippen MR) is 104 cm³/mol. The monoisotopic (exact) mass is 441 g/mol. The zero-order valence-electron chi connectivity index (χ0n) is 14.0. The van der Waals surface area contributed by atoms with Crippen LogP contribution in [0.1, 0.15) is 33.4 Å². The number of nitrogens with one attached hydrogen (secondary N) is 2. The van der Waals surface area contributed by atoms with E-state index < -0.39 is 10.8 Å². The van der Waals surface area contributed by atoms with E-state index in [1.54, 1.807) is 6.20 Å². The Morgan fingerprint density at radius 1 is 1.41 bits per heavy atom. The third-order valence-electron chi connectivity index (χ3n) is 2.93. The molecule has 0 fully saturated rings. The van der Waals surface area contributed by atoms with Crippen LogP contribution in [0.4, 0.5) is 0 Å². The quantitative estimate of drug-likeness (QED) is 0.400. The molecule has 1 unspecified atom stereocenters. The third-order valence-corrected chi connectivity index (χ3v) is 4.87. The van der Waals surface area contributed by atoms with E-state index >= 15 is 0 Å². The molecular formula is C14H28IN5OS. The molecule has 0 aromatic carbocycles. The van der Waals surface area contributed by atoms with Gasteiger partial charge in [0.05, 0.1) is 12.2 Å². The molecule has 0 aliphatic rings. The Balaban J connectivity index is 0.00000441. The summed E-state index contributed by atoms with van der Waals surface area (Å²) >= 11 is 0. The van der Waals surface area contributed by atoms with Gasteiger partial charge in [-0.15, -0.1) is 24.0 Å². The van der Waals surface area contributed by atoms with E-state index in [-0.39, 0.29) is 28.7 Å². The summed E-state index contributed by atoms with van der Waals surface area (Å²) in [4.78, 5) is 4.51. The second-order valence-corrected chi connectivity index (χ2v) is 8.05. The average Bonchev–Trinajstić information content (AvgIpc) is 2.80. The van der Waals surface area contributed by atoms with Gasteiger partial charge in [0.1, 0.15) is 0 Å². The molecule has 0 amide bonds. The number of aliphatic imine (C=N–C) groups is 1. The summed E-state index contributed by atoms with van der Waals surface area (Å²) < 4.78 is 13.6. The molecule has 8 heteroatoms. The summed E-state index contributed by atoms with van der Waals surface area (Å²) in [6, 6.07) is 1.95. The molecule has 22 heavy (non-hydrogen) atoms. The van der Waals surface area contributed by atoms with Gasteiger partial charge in [-0.25, -0.2) is 4.99 Å². The van der Waals surface area contributed by atoms with Crippen molar-refractivity contribution in [3.05, 3.63) is 18.0 Å². The normalized spacial score (nSPS) is 13.4. The average molecular weight is 441 g/mol. The van der Waals surface area contributed by atoms with Gasteiger partial charge in [-0.2, -0.15) is 5.10 Å². The first-order chi connectivity index (χ1) is 9.84. The van der Waals surface area contributed by atoms with E-state index in [1.807, 2.05) is 45.5 Å². The summed E-state index contributed by atoms with van der Waals surface area (Å²) in [6.45, 7) is 9.99. The summed E-state index contributed by atoms with van der Waals surface area (Å²) in [7, 11) is 1.05. The van der Waals surface area contributed by atoms with Gasteiger partial charge in [0.2, 0.25) is 0 Å². The zero-order chi connectivity index (χ0) is 15.9. The van der Waals surface area contributed by atoms with Crippen LogP contribution in [0.2, 0.25) is 0 Å². The molecule has 1 aromatic rings. The highest BCUT2D eigenvalue weighted by atomic mass is 127. The second-order valence-electron chi connectivity index (χ2n) is 5.73. The predicted octanol–water partition coefficient (Wildman–Crippen LogP) is 1.64. The summed E-state index contributed by atoms with van der Waals surface area (Å²) in [6.07, 6.45) is 1.76. The van der Waals surface area contributed by atoms with Crippen LogP contribution in [0.5, 0.6) is 0 Å². The van der Waals surface area contributed by atoms with Crippen LogP contribution in [0.25, 0.3) is 0 Å². The van der Waals surface area contributed by atoms with Gasteiger partial charge in [-0.05, 0) is 33.8 Å². The van der Waals surface area contributed by atoms with Crippen LogP contribution >= 0.6 is 24.0 Å². The maximum atomic E-state index is 12.0. The van der Waals surface area contributed by atoms with Gasteiger partial charge in [0, 0.05) is 47.6 Å². The highest BCUT2D eigenvalue weighted by molar-refractivity contribution is 14.0. The van der Waals surface area contributed by atoms with Crippen molar-refractivity contribution in [1.29, 1.82) is 0 Å². The summed E-state index contributed by atoms with van der Waals surface area (Å²) in [5.41, 5.74) is 1.05. The molecule has 1 atom stereocenters. The van der Waals surface area contributed by atoms with E-state index in [0.29, 0.717) is 18.8 Å². The van der Waals surface area contributed by atoms with E-state index in [9.17, 15) is 4.21 Å². The number of hydrogen-bond acceptors (Lipinski definition) is 3. The minimum Gasteiger partial charge on any atom is -0.357 e. The lowest BCUT2D eigenvalue weighted by Crippen LogP contribution is -2.40. The van der Waals surface area contributed by atoms with Crippen LogP contribution in [-0.2, 0) is 24.4 Å². The van der Waals surface area contributed by atoms with Crippen LogP contribution in [0, 0.1) is 0 Å². The third kappa shape index (κ3) is 7.57. The molecule has 0 saturated heterocycles. The van der Waals surface area contributed by atoms with Crippen molar-refractivity contribution < 1.29 is 4.21 Å². The maximum Gasteiger partial charge on any atom is 0.191 e. The first kappa shape index (κ1) is 21.4. The molecule has 0 aliphatic heterocycles. The largest absolute Gasteiger partial charge is 0.357 e. The van der Waals surface area contributed by atoms with Crippen molar-refractivity contribution in [3.63, 3.8) is 0 Å². The Morgan fingerprint density at radius 2 is 2.09 bits per heavy atom. The fourth-order valence-corrected chi connectivity index (χ4v) is 2.53. The number of nitrogens with zero attached hydrogens (tertiary/aromatic N) is 3. The standard InChI is InChI=1S/C14H27N5OS.HI/c1-6-15-13(16-9-10-21(20)14(2,3)4)17-11-12-7-8-18-19(12)5;/h7-8H,6,9-11H2,1-5H3,(H2,15,16,17);1H. The first-order valence-electron chi connectivity index (χ1n) is 7.22. The van der Waals surface area contributed by atoms with E-state index in [2.05, 4.69) is 20.7 Å². The van der Waals surface area contributed by atoms with Crippen molar-refractivity contribution in [2.24, 2.45) is 12.0 Å². The topological polar surface area (TPSA) is 71.3 Å². The molecular weight excluding hydrogens is 413 g/mol. The van der Waals surface area contributed by atoms with E-state index in [4.69, 9.17) is 0 Å². The number of rotatable bonds is 6. The van der Waals surface area contributed by atoms with Gasteiger partial charge in [0.25, 0.3) is 0 Å². The Hall–Kier alpha value is -0.640. The van der Waals surface area contributed by atoms with E-state index in [0.717, 1.165) is 18.2 Å². The number of aromatic nitrogens is 2. The zero-order valence-corrected chi connectivity index (χ0v) is 17.2. The minimum atomic E-state index is -0.854. The lowest BCUT2D eigenvalue weighted by molar-refractivity contribution is 0.647. The van der Waals surface area contributed by atoms with Crippen molar-refractivity contribution >= 4 is 40.7 Å². The highest BCUT2D eigenvalue weighted by Crippen LogP contribution is 2.10. The lowest BCUT2D eigenvalue weighted by atomic mass is 10.3. The fraction of sp³-hybridized carbons (Fsp3) is 0.714. The fourth-order valence-electron chi connectivity index (χ4n) is 1.63. The van der Waals surface area contributed by atoms with Gasteiger partial charge >= 0.3 is 0 Å². The molecule has 0 saturated carbocycles. The first-order valence-corrected chi connectivity index (χ1v) is 8.54. The van der Waals surface area contributed by atoms with Crippen LogP contribution in [0.15, 0.2) is 17.3 Å². The van der Waals surface area contributed by atoms with E-state index in [1.165, 1.54) is 0 Å². The minimum absolute atomic E-state index is 0. The Kier molecular flexibility index (Phi) is 9.90. The van der Waals surface area contributed by atoms with Gasteiger partial charge in [0.15, 0.2) is 5.96 Å². The van der Waals surface area contributed by atoms with Gasteiger partial charge in [-0.3, -0.25) is 8.89 Å². The summed E-state index contributed by atoms with van der Waals surface area (Å²) in [5, 5.41) is 10.5. The van der Waals surface area contributed by atoms with Crippen LogP contribution in [-0.4, -0.2) is 43.5 Å². The molecule has 6 nitrogen and oxygen atoms in total. The van der Waals surface area contributed by atoms with Crippen LogP contribution in [0.3, 0.4) is 0 Å². The van der Waals surface area contributed by atoms with Crippen molar-refractivity contribution in [2.75, 3.05) is 18.8 Å². The van der Waals surface area contributed by atoms with Crippen LogP contribution < -0.4 is 10.6 Å². The van der Waals surface area contributed by atoms with Crippen molar-refractivity contribution in [1.82, 2.24) is 20.4 Å². The molecule has 0 bridgehead atoms. The lowest BCUT2D eigenvalue weighted by Gasteiger charge is -2.18. The second kappa shape index (κ2) is 10.2. The number of halogens is 1. The molecule has 1 rings (SSSR count). The Labute approximate surface area is 153 Å². The molecule has 1 aromatic heterocycles. The smallest absolute Gasteiger partial charge is 0.191 e. The Bertz CT molecular complexity index is 496. The highest BCUT2D eigenvalue weighted by Gasteiger charge is 2.18. The number of hydrogen-bond donors (Lipinski definition) is 2. The molecule has 128 valence electrons. The molecule has 1 heterocycles. The molecule has 0 aliphatic carbocycles. The SMILES string of the molecule is CCNC(=NCc1ccnn1C)NCCS(=O)C(C)(C)C.I.